The fourth-order valence-electron chi connectivity index (χ4n) is 1.99. The lowest BCUT2D eigenvalue weighted by molar-refractivity contribution is -0.124. The Labute approximate surface area is 144 Å². The molecule has 0 fully saturated rings. The second kappa shape index (κ2) is 10.00. The topological polar surface area (TPSA) is 123 Å². The highest BCUT2D eigenvalue weighted by Crippen LogP contribution is 2.09. The normalized spacial score (nSPS) is 13.8. The van der Waals surface area contributed by atoms with Crippen LogP contribution in [0.4, 0.5) is 9.59 Å². The van der Waals surface area contributed by atoms with E-state index in [0.717, 1.165) is 0 Å². The van der Waals surface area contributed by atoms with Crippen LogP contribution in [0.2, 0.25) is 0 Å². The van der Waals surface area contributed by atoms with Crippen LogP contribution in [0.25, 0.3) is 0 Å². The summed E-state index contributed by atoms with van der Waals surface area (Å²) in [5.74, 6) is -0.340. The van der Waals surface area contributed by atoms with Gasteiger partial charge in [0.1, 0.15) is 11.6 Å². The summed E-state index contributed by atoms with van der Waals surface area (Å²) >= 11 is 0. The van der Waals surface area contributed by atoms with Crippen molar-refractivity contribution in [2.24, 2.45) is 11.7 Å². The summed E-state index contributed by atoms with van der Waals surface area (Å²) in [4.78, 5) is 34.8. The van der Waals surface area contributed by atoms with Crippen LogP contribution >= 0.6 is 0 Å². The van der Waals surface area contributed by atoms with Crippen molar-refractivity contribution in [1.29, 1.82) is 0 Å². The van der Waals surface area contributed by atoms with Gasteiger partial charge in [0.2, 0.25) is 5.91 Å². The maximum absolute atomic E-state index is 12.4. The number of primary amides is 1. The molecule has 4 amide bonds. The summed E-state index contributed by atoms with van der Waals surface area (Å²) in [5.41, 5.74) is 4.36. The van der Waals surface area contributed by atoms with Gasteiger partial charge in [-0.1, -0.05) is 13.8 Å². The first kappa shape index (κ1) is 22.0. The molecule has 24 heavy (non-hydrogen) atoms. The molecule has 0 saturated carbocycles. The Balaban J connectivity index is 4.43. The zero-order valence-corrected chi connectivity index (χ0v) is 15.6. The third-order valence-corrected chi connectivity index (χ3v) is 3.12. The zero-order valence-electron chi connectivity index (χ0n) is 15.6. The number of urea groups is 1. The summed E-state index contributed by atoms with van der Waals surface area (Å²) in [5, 5.41) is 7.97. The molecule has 0 radical (unpaired) electrons. The van der Waals surface area contributed by atoms with Crippen molar-refractivity contribution in [3.63, 3.8) is 0 Å². The van der Waals surface area contributed by atoms with E-state index in [9.17, 15) is 14.4 Å². The zero-order chi connectivity index (χ0) is 18.9. The van der Waals surface area contributed by atoms with E-state index < -0.39 is 23.8 Å². The highest BCUT2D eigenvalue weighted by atomic mass is 16.6. The number of hydrogen-bond acceptors (Lipinski definition) is 4. The molecule has 8 nitrogen and oxygen atoms in total. The highest BCUT2D eigenvalue weighted by Gasteiger charge is 2.27. The molecule has 0 unspecified atom stereocenters. The quantitative estimate of drug-likeness (QED) is 0.498. The number of nitrogens with two attached hydrogens (primary N) is 1. The highest BCUT2D eigenvalue weighted by molar-refractivity contribution is 5.86. The predicted octanol–water partition coefficient (Wildman–Crippen LogP) is 1.49. The Morgan fingerprint density at radius 1 is 1.08 bits per heavy atom. The van der Waals surface area contributed by atoms with Gasteiger partial charge < -0.3 is 26.4 Å². The molecule has 0 saturated heterocycles. The standard InChI is InChI=1S/C16H32N4O4/c1-10(2)12(20-15(23)24-16(4,5)6)13(21)19-11(3)8-7-9-18-14(17)22/h10-12H,7-9H2,1-6H3,(H,19,21)(H,20,23)(H3,17,18,22)/t11-,12-/m0/s1. The van der Waals surface area contributed by atoms with E-state index in [2.05, 4.69) is 16.0 Å². The fourth-order valence-corrected chi connectivity index (χ4v) is 1.99. The lowest BCUT2D eigenvalue weighted by Crippen LogP contribution is -2.52. The van der Waals surface area contributed by atoms with Crippen molar-refractivity contribution in [2.75, 3.05) is 6.54 Å². The maximum Gasteiger partial charge on any atom is 0.408 e. The molecule has 0 aliphatic heterocycles. The second-order valence-electron chi connectivity index (χ2n) is 7.21. The molecule has 2 atom stereocenters. The van der Waals surface area contributed by atoms with E-state index >= 15 is 0 Å². The van der Waals surface area contributed by atoms with Crippen LogP contribution in [0.15, 0.2) is 0 Å². The van der Waals surface area contributed by atoms with Crippen molar-refractivity contribution in [3.8, 4) is 0 Å². The van der Waals surface area contributed by atoms with Crippen molar-refractivity contribution < 1.29 is 19.1 Å². The second-order valence-corrected chi connectivity index (χ2v) is 7.21. The molecule has 0 aromatic carbocycles. The number of hydrogen-bond donors (Lipinski definition) is 4. The van der Waals surface area contributed by atoms with Crippen LogP contribution in [0.5, 0.6) is 0 Å². The number of carbonyl (C=O) groups excluding carboxylic acids is 3. The number of carbonyl (C=O) groups is 3. The maximum atomic E-state index is 12.4. The van der Waals surface area contributed by atoms with Gasteiger partial charge >= 0.3 is 12.1 Å². The first-order valence-corrected chi connectivity index (χ1v) is 8.25. The van der Waals surface area contributed by atoms with Crippen LogP contribution in [-0.4, -0.2) is 42.3 Å². The lowest BCUT2D eigenvalue weighted by Gasteiger charge is -2.26. The van der Waals surface area contributed by atoms with Gasteiger partial charge in [0.05, 0.1) is 0 Å². The average Bonchev–Trinajstić information content (AvgIpc) is 2.38. The Kier molecular flexibility index (Phi) is 9.17. The van der Waals surface area contributed by atoms with Crippen LogP contribution < -0.4 is 21.7 Å². The summed E-state index contributed by atoms with van der Waals surface area (Å²) in [6, 6.07) is -1.33. The molecule has 0 aromatic rings. The van der Waals surface area contributed by atoms with Gasteiger partial charge in [-0.3, -0.25) is 4.79 Å². The van der Waals surface area contributed by atoms with E-state index in [1.807, 2.05) is 20.8 Å². The lowest BCUT2D eigenvalue weighted by atomic mass is 10.0. The Morgan fingerprint density at radius 2 is 1.67 bits per heavy atom. The van der Waals surface area contributed by atoms with Gasteiger partial charge in [0, 0.05) is 12.6 Å². The van der Waals surface area contributed by atoms with Crippen molar-refractivity contribution in [2.45, 2.75) is 72.1 Å². The van der Waals surface area contributed by atoms with E-state index in [4.69, 9.17) is 10.5 Å². The molecule has 0 rings (SSSR count). The summed E-state index contributed by atoms with van der Waals surface area (Å²) in [7, 11) is 0. The first-order chi connectivity index (χ1) is 10.9. The number of alkyl carbamates (subject to hydrolysis) is 1. The van der Waals surface area contributed by atoms with Gasteiger partial charge in [-0.2, -0.15) is 0 Å². The van der Waals surface area contributed by atoms with Gasteiger partial charge in [-0.25, -0.2) is 9.59 Å². The molecule has 140 valence electrons. The van der Waals surface area contributed by atoms with Crippen LogP contribution in [0.3, 0.4) is 0 Å². The van der Waals surface area contributed by atoms with Crippen LogP contribution in [-0.2, 0) is 9.53 Å². The first-order valence-electron chi connectivity index (χ1n) is 8.25. The minimum atomic E-state index is -0.675. The fraction of sp³-hybridized carbons (Fsp3) is 0.812. The molecular weight excluding hydrogens is 312 g/mol. The van der Waals surface area contributed by atoms with E-state index in [1.54, 1.807) is 20.8 Å². The molecule has 0 heterocycles. The van der Waals surface area contributed by atoms with Crippen molar-refractivity contribution in [3.05, 3.63) is 0 Å². The molecule has 0 aromatic heterocycles. The smallest absolute Gasteiger partial charge is 0.408 e. The molecule has 0 aliphatic carbocycles. The number of rotatable bonds is 8. The van der Waals surface area contributed by atoms with E-state index in [-0.39, 0.29) is 17.9 Å². The van der Waals surface area contributed by atoms with Crippen molar-refractivity contribution >= 4 is 18.0 Å². The largest absolute Gasteiger partial charge is 0.444 e. The molecular formula is C16H32N4O4. The molecule has 8 heteroatoms. The van der Waals surface area contributed by atoms with Crippen LogP contribution in [0, 0.1) is 5.92 Å². The number of ether oxygens (including phenoxy) is 1. The molecule has 0 aliphatic rings. The monoisotopic (exact) mass is 344 g/mol. The Morgan fingerprint density at radius 3 is 2.12 bits per heavy atom. The SMILES string of the molecule is CC(C)[C@H](NC(=O)OC(C)(C)C)C(=O)N[C@@H](C)CCCNC(N)=O. The van der Waals surface area contributed by atoms with Crippen LogP contribution in [0.1, 0.15) is 54.4 Å². The average molecular weight is 344 g/mol. The van der Waals surface area contributed by atoms with Gasteiger partial charge in [0.25, 0.3) is 0 Å². The van der Waals surface area contributed by atoms with Gasteiger partial charge in [-0.05, 0) is 46.5 Å². The predicted molar refractivity (Wildman–Crippen MR) is 92.4 cm³/mol. The molecule has 0 bridgehead atoms. The Hall–Kier alpha value is -1.99. The Bertz CT molecular complexity index is 432. The number of amides is 4. The van der Waals surface area contributed by atoms with E-state index in [0.29, 0.717) is 19.4 Å². The number of nitrogens with one attached hydrogen (secondary N) is 3. The third kappa shape index (κ3) is 10.7. The van der Waals surface area contributed by atoms with Gasteiger partial charge in [0.15, 0.2) is 0 Å². The summed E-state index contributed by atoms with van der Waals surface area (Å²) < 4.78 is 5.19. The molecule has 5 N–H and O–H groups in total. The summed E-state index contributed by atoms with van der Waals surface area (Å²) in [6.45, 7) is 11.3. The third-order valence-electron chi connectivity index (χ3n) is 3.12. The van der Waals surface area contributed by atoms with Gasteiger partial charge in [-0.15, -0.1) is 0 Å². The minimum absolute atomic E-state index is 0.0822. The van der Waals surface area contributed by atoms with E-state index in [1.165, 1.54) is 0 Å². The minimum Gasteiger partial charge on any atom is -0.444 e. The summed E-state index contributed by atoms with van der Waals surface area (Å²) in [6.07, 6.45) is 0.758. The van der Waals surface area contributed by atoms with Crippen molar-refractivity contribution in [1.82, 2.24) is 16.0 Å². The molecule has 0 spiro atoms.